The number of H-pyrrole nitrogens is 1. The van der Waals surface area contributed by atoms with Crippen LogP contribution in [-0.4, -0.2) is 45.5 Å². The van der Waals surface area contributed by atoms with Crippen molar-refractivity contribution < 1.29 is 19.0 Å². The molecule has 3 heterocycles. The lowest BCUT2D eigenvalue weighted by molar-refractivity contribution is 0.102. The normalized spacial score (nSPS) is 10.8. The number of hydrogen-bond donors (Lipinski definition) is 2. The third-order valence-corrected chi connectivity index (χ3v) is 6.79. The van der Waals surface area contributed by atoms with Crippen LogP contribution in [0, 0.1) is 0 Å². The molecule has 11 heteroatoms. The Kier molecular flexibility index (Phi) is 8.44. The van der Waals surface area contributed by atoms with E-state index in [0.29, 0.717) is 59.8 Å². The van der Waals surface area contributed by atoms with E-state index in [1.165, 1.54) is 22.1 Å². The molecule has 5 aromatic rings. The minimum absolute atomic E-state index is 0.158. The summed E-state index contributed by atoms with van der Waals surface area (Å²) in [5.41, 5.74) is 1.81. The summed E-state index contributed by atoms with van der Waals surface area (Å²) in [6.07, 6.45) is 0. The van der Waals surface area contributed by atoms with E-state index < -0.39 is 5.91 Å². The van der Waals surface area contributed by atoms with Crippen molar-refractivity contribution in [3.8, 4) is 45.0 Å². The molecule has 10 nitrogen and oxygen atoms in total. The van der Waals surface area contributed by atoms with E-state index in [1.807, 2.05) is 68.6 Å². The van der Waals surface area contributed by atoms with Gasteiger partial charge < -0.3 is 19.5 Å². The van der Waals surface area contributed by atoms with Crippen molar-refractivity contribution in [2.45, 2.75) is 20.8 Å². The van der Waals surface area contributed by atoms with Gasteiger partial charge in [0.2, 0.25) is 11.7 Å². The molecule has 0 bridgehead atoms. The van der Waals surface area contributed by atoms with Gasteiger partial charge in [0, 0.05) is 23.3 Å². The molecular weight excluding hydrogens is 542 g/mol. The lowest BCUT2D eigenvalue weighted by Gasteiger charge is -2.17. The largest absolute Gasteiger partial charge is 0.490 e. The molecule has 0 atom stereocenters. The van der Waals surface area contributed by atoms with E-state index in [2.05, 4.69) is 20.4 Å². The van der Waals surface area contributed by atoms with Crippen molar-refractivity contribution in [2.24, 2.45) is 0 Å². The predicted octanol–water partition coefficient (Wildman–Crippen LogP) is 5.80. The Balaban J connectivity index is 1.58. The number of aromatic amines is 1. The molecule has 0 aliphatic carbocycles. The number of nitrogens with one attached hydrogen (secondary N) is 2. The summed E-state index contributed by atoms with van der Waals surface area (Å²) in [6, 6.07) is 19.6. The van der Waals surface area contributed by atoms with Crippen LogP contribution in [0.4, 0.5) is 5.82 Å². The Labute approximate surface area is 240 Å². The number of hydrogen-bond acceptors (Lipinski definition) is 8. The number of ether oxygens (including phenoxy) is 3. The molecule has 0 saturated carbocycles. The summed E-state index contributed by atoms with van der Waals surface area (Å²) in [6.45, 7) is 6.73. The second-order valence-electron chi connectivity index (χ2n) is 8.68. The minimum atomic E-state index is -0.435. The van der Waals surface area contributed by atoms with Crippen LogP contribution in [0.25, 0.3) is 27.8 Å². The van der Waals surface area contributed by atoms with E-state index >= 15 is 0 Å². The van der Waals surface area contributed by atoms with E-state index in [4.69, 9.17) is 14.2 Å². The molecule has 0 spiro atoms. The van der Waals surface area contributed by atoms with Crippen molar-refractivity contribution in [3.63, 3.8) is 0 Å². The summed E-state index contributed by atoms with van der Waals surface area (Å²) >= 11 is 1.50. The molecule has 0 aliphatic rings. The highest BCUT2D eigenvalue weighted by Gasteiger charge is 2.21. The molecule has 0 saturated heterocycles. The van der Waals surface area contributed by atoms with E-state index in [-0.39, 0.29) is 11.5 Å². The van der Waals surface area contributed by atoms with Crippen LogP contribution in [0.2, 0.25) is 0 Å². The zero-order chi connectivity index (χ0) is 28.8. The molecule has 5 rings (SSSR count). The van der Waals surface area contributed by atoms with Crippen LogP contribution in [0.3, 0.4) is 0 Å². The summed E-state index contributed by atoms with van der Waals surface area (Å²) in [4.78, 5) is 34.6. The molecule has 0 radical (unpaired) electrons. The number of aromatic nitrogens is 4. The van der Waals surface area contributed by atoms with Crippen LogP contribution >= 0.6 is 11.3 Å². The molecule has 41 heavy (non-hydrogen) atoms. The highest BCUT2D eigenvalue weighted by Crippen LogP contribution is 2.39. The molecule has 0 fully saturated rings. The second-order valence-corrected chi connectivity index (χ2v) is 9.63. The van der Waals surface area contributed by atoms with Crippen molar-refractivity contribution in [2.75, 3.05) is 25.1 Å². The fourth-order valence-electron chi connectivity index (χ4n) is 4.19. The van der Waals surface area contributed by atoms with Crippen molar-refractivity contribution in [1.82, 2.24) is 19.7 Å². The van der Waals surface area contributed by atoms with Crippen molar-refractivity contribution >= 4 is 23.1 Å². The van der Waals surface area contributed by atoms with Gasteiger partial charge in [-0.15, -0.1) is 11.3 Å². The van der Waals surface area contributed by atoms with Gasteiger partial charge in [0.1, 0.15) is 11.5 Å². The number of thiophene rings is 1. The third-order valence-electron chi connectivity index (χ3n) is 5.90. The first-order valence-corrected chi connectivity index (χ1v) is 14.1. The zero-order valence-corrected chi connectivity index (χ0v) is 23.7. The average molecular weight is 572 g/mol. The summed E-state index contributed by atoms with van der Waals surface area (Å²) in [5.74, 6) is 1.29. The maximum Gasteiger partial charge on any atom is 0.257 e. The second kappa shape index (κ2) is 12.5. The molecular formula is C30H29N5O5S. The lowest BCUT2D eigenvalue weighted by Crippen LogP contribution is -2.19. The summed E-state index contributed by atoms with van der Waals surface area (Å²) in [5, 5.41) is 9.55. The quantitative estimate of drug-likeness (QED) is 0.206. The van der Waals surface area contributed by atoms with Crippen LogP contribution < -0.4 is 25.1 Å². The van der Waals surface area contributed by atoms with Crippen LogP contribution in [0.15, 0.2) is 76.9 Å². The zero-order valence-electron chi connectivity index (χ0n) is 22.8. The van der Waals surface area contributed by atoms with Crippen LogP contribution in [0.5, 0.6) is 17.2 Å². The van der Waals surface area contributed by atoms with Gasteiger partial charge in [-0.3, -0.25) is 14.6 Å². The number of nitrogens with zero attached hydrogens (tertiary/aromatic N) is 3. The van der Waals surface area contributed by atoms with Gasteiger partial charge in [-0.1, -0.05) is 36.4 Å². The van der Waals surface area contributed by atoms with E-state index in [0.717, 1.165) is 10.4 Å². The van der Waals surface area contributed by atoms with Crippen LogP contribution in [-0.2, 0) is 0 Å². The smallest absolute Gasteiger partial charge is 0.257 e. The van der Waals surface area contributed by atoms with Gasteiger partial charge in [0.05, 0.1) is 30.4 Å². The molecule has 210 valence electrons. The molecule has 3 aromatic heterocycles. The third kappa shape index (κ3) is 6.15. The average Bonchev–Trinajstić information content (AvgIpc) is 3.66. The summed E-state index contributed by atoms with van der Waals surface area (Å²) in [7, 11) is 0. The first-order valence-electron chi connectivity index (χ1n) is 13.2. The Morgan fingerprint density at radius 3 is 2.24 bits per heavy atom. The van der Waals surface area contributed by atoms with Gasteiger partial charge >= 0.3 is 0 Å². The number of carbonyl (C=O) groups excluding carboxylic acids is 1. The minimum Gasteiger partial charge on any atom is -0.490 e. The van der Waals surface area contributed by atoms with E-state index in [9.17, 15) is 9.59 Å². The van der Waals surface area contributed by atoms with Crippen molar-refractivity contribution in [1.29, 1.82) is 0 Å². The van der Waals surface area contributed by atoms with Crippen molar-refractivity contribution in [3.05, 3.63) is 88.0 Å². The SMILES string of the molecule is CCOc1cc(C(=O)Nc2cc(-c3cccs3)nn2-c2nc(-c3ccccc3)cc(=O)[nH]2)cc(OCC)c1OCC. The van der Waals surface area contributed by atoms with Crippen LogP contribution in [0.1, 0.15) is 31.1 Å². The standard InChI is InChI=1S/C30H29N5O5S/c1-4-38-23-15-20(16-24(39-5-2)28(23)40-6-3)29(37)32-26-17-22(25-13-10-14-41-25)34-35(26)30-31-21(18-27(36)33-30)19-11-8-7-9-12-19/h7-18H,4-6H2,1-3H3,(H,32,37)(H,31,33,36). The van der Waals surface area contributed by atoms with Gasteiger partial charge in [-0.25, -0.2) is 4.98 Å². The monoisotopic (exact) mass is 571 g/mol. The highest BCUT2D eigenvalue weighted by atomic mass is 32.1. The van der Waals surface area contributed by atoms with Gasteiger partial charge in [0.25, 0.3) is 11.5 Å². The van der Waals surface area contributed by atoms with Gasteiger partial charge in [-0.2, -0.15) is 9.78 Å². The lowest BCUT2D eigenvalue weighted by atomic mass is 10.1. The number of carbonyl (C=O) groups is 1. The fraction of sp³-hybridized carbons (Fsp3) is 0.200. The molecule has 2 N–H and O–H groups in total. The highest BCUT2D eigenvalue weighted by molar-refractivity contribution is 7.13. The number of amides is 1. The Bertz CT molecular complexity index is 1670. The molecule has 2 aromatic carbocycles. The summed E-state index contributed by atoms with van der Waals surface area (Å²) < 4.78 is 18.8. The number of rotatable bonds is 11. The first kappa shape index (κ1) is 27.7. The topological polar surface area (TPSA) is 120 Å². The molecule has 1 amide bonds. The first-order chi connectivity index (χ1) is 20.0. The number of anilines is 1. The Morgan fingerprint density at radius 2 is 1.61 bits per heavy atom. The Hall–Kier alpha value is -4.90. The Morgan fingerprint density at radius 1 is 0.902 bits per heavy atom. The molecule has 0 unspecified atom stereocenters. The van der Waals surface area contributed by atoms with Gasteiger partial charge in [0.15, 0.2) is 11.5 Å². The van der Waals surface area contributed by atoms with E-state index in [1.54, 1.807) is 18.2 Å². The molecule has 0 aliphatic heterocycles. The maximum atomic E-state index is 13.6. The number of benzene rings is 2. The van der Waals surface area contributed by atoms with Gasteiger partial charge in [-0.05, 0) is 44.4 Å². The fourth-order valence-corrected chi connectivity index (χ4v) is 4.87. The predicted molar refractivity (Wildman–Crippen MR) is 159 cm³/mol. The maximum absolute atomic E-state index is 13.6.